The number of nitrogens with one attached hydrogen (secondary N) is 1. The van der Waals surface area contributed by atoms with E-state index >= 15 is 0 Å². The second-order valence-electron chi connectivity index (χ2n) is 5.65. The number of benzene rings is 1. The molecule has 1 N–H and O–H groups in total. The van der Waals surface area contributed by atoms with Crippen molar-refractivity contribution >= 4 is 39.9 Å². The minimum absolute atomic E-state index is 0.220. The third-order valence-electron chi connectivity index (χ3n) is 4.67. The van der Waals surface area contributed by atoms with Gasteiger partial charge in [0.1, 0.15) is 0 Å². The van der Waals surface area contributed by atoms with Crippen molar-refractivity contribution in [1.29, 1.82) is 0 Å². The van der Waals surface area contributed by atoms with Gasteiger partial charge in [-0.1, -0.05) is 32.4 Å². The molecule has 1 aromatic carbocycles. The van der Waals surface area contributed by atoms with E-state index in [9.17, 15) is 0 Å². The Bertz CT molecular complexity index is 460. The van der Waals surface area contributed by atoms with E-state index in [0.29, 0.717) is 6.04 Å². The van der Waals surface area contributed by atoms with Crippen LogP contribution in [0.2, 0.25) is 5.02 Å². The topological polar surface area (TPSA) is 15.3 Å². The average molecular weight is 407 g/mol. The van der Waals surface area contributed by atoms with E-state index in [1.165, 1.54) is 9.26 Å². The molecule has 0 aromatic heterocycles. The molecular weight excluding hydrogens is 383 g/mol. The fraction of sp³-hybridized carbons (Fsp3) is 0.625. The maximum Gasteiger partial charge on any atom is 0.0650 e. The number of anilines is 1. The smallest absolute Gasteiger partial charge is 0.0650 e. The van der Waals surface area contributed by atoms with Crippen molar-refractivity contribution in [2.75, 3.05) is 18.0 Å². The van der Waals surface area contributed by atoms with Crippen LogP contribution in [0.15, 0.2) is 18.2 Å². The van der Waals surface area contributed by atoms with E-state index in [1.807, 2.05) is 0 Å². The van der Waals surface area contributed by atoms with Gasteiger partial charge in [0.2, 0.25) is 0 Å². The summed E-state index contributed by atoms with van der Waals surface area (Å²) < 4.78 is 1.19. The van der Waals surface area contributed by atoms with Gasteiger partial charge in [-0.05, 0) is 60.1 Å². The molecule has 0 aliphatic carbocycles. The van der Waals surface area contributed by atoms with Crippen LogP contribution < -0.4 is 10.2 Å². The van der Waals surface area contributed by atoms with E-state index < -0.39 is 0 Å². The summed E-state index contributed by atoms with van der Waals surface area (Å²) >= 11 is 8.81. The summed E-state index contributed by atoms with van der Waals surface area (Å²) in [6.45, 7) is 8.89. The Balaban J connectivity index is 2.33. The molecule has 2 rings (SSSR count). The molecule has 0 spiro atoms. The van der Waals surface area contributed by atoms with Crippen LogP contribution in [0.1, 0.15) is 40.0 Å². The number of piperazine rings is 1. The molecule has 112 valence electrons. The molecule has 0 saturated carbocycles. The predicted molar refractivity (Wildman–Crippen MR) is 96.9 cm³/mol. The SMILES string of the molecule is CCC1CNC(CC)(CC)CN1c1ccc(I)cc1Cl. The maximum absolute atomic E-state index is 6.50. The highest BCUT2D eigenvalue weighted by Crippen LogP contribution is 2.34. The average Bonchev–Trinajstić information content (AvgIpc) is 2.46. The highest BCUT2D eigenvalue weighted by Gasteiger charge is 2.36. The van der Waals surface area contributed by atoms with Gasteiger partial charge < -0.3 is 10.2 Å². The van der Waals surface area contributed by atoms with Crippen molar-refractivity contribution in [2.24, 2.45) is 0 Å². The van der Waals surface area contributed by atoms with Gasteiger partial charge in [0.05, 0.1) is 10.7 Å². The van der Waals surface area contributed by atoms with Crippen LogP contribution in [-0.4, -0.2) is 24.7 Å². The molecule has 1 aliphatic rings. The second-order valence-corrected chi connectivity index (χ2v) is 7.31. The van der Waals surface area contributed by atoms with Crippen LogP contribution in [0.25, 0.3) is 0 Å². The lowest BCUT2D eigenvalue weighted by Gasteiger charge is -2.48. The van der Waals surface area contributed by atoms with Crippen molar-refractivity contribution in [3.63, 3.8) is 0 Å². The largest absolute Gasteiger partial charge is 0.364 e. The van der Waals surface area contributed by atoms with Crippen molar-refractivity contribution in [3.8, 4) is 0 Å². The first kappa shape index (κ1) is 16.4. The summed E-state index contributed by atoms with van der Waals surface area (Å²) in [7, 11) is 0. The third-order valence-corrected chi connectivity index (χ3v) is 5.64. The zero-order chi connectivity index (χ0) is 14.8. The van der Waals surface area contributed by atoms with Crippen molar-refractivity contribution in [1.82, 2.24) is 5.32 Å². The molecule has 0 radical (unpaired) electrons. The number of halogens is 2. The van der Waals surface area contributed by atoms with Gasteiger partial charge in [0.25, 0.3) is 0 Å². The van der Waals surface area contributed by atoms with Crippen LogP contribution in [0, 0.1) is 3.57 Å². The first-order chi connectivity index (χ1) is 9.55. The zero-order valence-electron chi connectivity index (χ0n) is 12.5. The molecule has 1 unspecified atom stereocenters. The molecule has 1 atom stereocenters. The van der Waals surface area contributed by atoms with Crippen LogP contribution in [0.4, 0.5) is 5.69 Å². The molecule has 0 bridgehead atoms. The molecule has 4 heteroatoms. The molecular formula is C16H24ClIN2. The van der Waals surface area contributed by atoms with Crippen molar-refractivity contribution < 1.29 is 0 Å². The summed E-state index contributed by atoms with van der Waals surface area (Å²) in [5.41, 5.74) is 1.41. The zero-order valence-corrected chi connectivity index (χ0v) is 15.5. The normalized spacial score (nSPS) is 22.1. The molecule has 2 nitrogen and oxygen atoms in total. The molecule has 20 heavy (non-hydrogen) atoms. The van der Waals surface area contributed by atoms with Crippen LogP contribution >= 0.6 is 34.2 Å². The Hall–Kier alpha value is -0.0000000000000000555. The van der Waals surface area contributed by atoms with Crippen LogP contribution in [-0.2, 0) is 0 Å². The maximum atomic E-state index is 6.50. The molecule has 1 aliphatic heterocycles. The van der Waals surface area contributed by atoms with Crippen LogP contribution in [0.3, 0.4) is 0 Å². The lowest BCUT2D eigenvalue weighted by atomic mass is 9.87. The first-order valence-electron chi connectivity index (χ1n) is 7.52. The van der Waals surface area contributed by atoms with Crippen molar-refractivity contribution in [3.05, 3.63) is 26.8 Å². The van der Waals surface area contributed by atoms with Gasteiger partial charge in [-0.3, -0.25) is 0 Å². The lowest BCUT2D eigenvalue weighted by Crippen LogP contribution is -2.64. The molecule has 1 fully saturated rings. The number of nitrogens with zero attached hydrogens (tertiary/aromatic N) is 1. The quantitative estimate of drug-likeness (QED) is 0.730. The summed E-state index contributed by atoms with van der Waals surface area (Å²) in [5, 5.41) is 4.65. The monoisotopic (exact) mass is 406 g/mol. The standard InChI is InChI=1S/C16H24ClIN2/c1-4-13-10-19-16(5-2,6-3)11-20(13)15-8-7-12(18)9-14(15)17/h7-9,13,19H,4-6,10-11H2,1-3H3. The summed E-state index contributed by atoms with van der Waals surface area (Å²) in [4.78, 5) is 2.52. The Morgan fingerprint density at radius 2 is 2.05 bits per heavy atom. The number of rotatable bonds is 4. The highest BCUT2D eigenvalue weighted by molar-refractivity contribution is 14.1. The van der Waals surface area contributed by atoms with E-state index in [1.54, 1.807) is 0 Å². The number of hydrogen-bond acceptors (Lipinski definition) is 2. The fourth-order valence-electron chi connectivity index (χ4n) is 3.04. The molecule has 1 aromatic rings. The second kappa shape index (κ2) is 6.84. The fourth-order valence-corrected chi connectivity index (χ4v) is 4.00. The Morgan fingerprint density at radius 3 is 2.60 bits per heavy atom. The van der Waals surface area contributed by atoms with Crippen LogP contribution in [0.5, 0.6) is 0 Å². The molecule has 1 heterocycles. The first-order valence-corrected chi connectivity index (χ1v) is 8.97. The third kappa shape index (κ3) is 3.25. The lowest BCUT2D eigenvalue weighted by molar-refractivity contribution is 0.246. The predicted octanol–water partition coefficient (Wildman–Crippen LogP) is 4.69. The van der Waals surface area contributed by atoms with E-state index in [-0.39, 0.29) is 5.54 Å². The van der Waals surface area contributed by atoms with Gasteiger partial charge in [-0.15, -0.1) is 0 Å². The van der Waals surface area contributed by atoms with Gasteiger partial charge in [-0.25, -0.2) is 0 Å². The summed E-state index contributed by atoms with van der Waals surface area (Å²) in [5.74, 6) is 0. The molecule has 1 saturated heterocycles. The Morgan fingerprint density at radius 1 is 1.35 bits per heavy atom. The van der Waals surface area contributed by atoms with Gasteiger partial charge in [-0.2, -0.15) is 0 Å². The van der Waals surface area contributed by atoms with Gasteiger partial charge in [0, 0.05) is 28.2 Å². The summed E-state index contributed by atoms with van der Waals surface area (Å²) in [6, 6.07) is 6.91. The Kier molecular flexibility index (Phi) is 5.60. The van der Waals surface area contributed by atoms with E-state index in [2.05, 4.69) is 71.8 Å². The highest BCUT2D eigenvalue weighted by atomic mass is 127. The Labute approximate surface area is 141 Å². The van der Waals surface area contributed by atoms with Crippen molar-refractivity contribution in [2.45, 2.75) is 51.6 Å². The minimum atomic E-state index is 0.220. The number of hydrogen-bond donors (Lipinski definition) is 1. The van der Waals surface area contributed by atoms with Gasteiger partial charge in [0.15, 0.2) is 0 Å². The van der Waals surface area contributed by atoms with Gasteiger partial charge >= 0.3 is 0 Å². The van der Waals surface area contributed by atoms with E-state index in [0.717, 1.165) is 37.4 Å². The minimum Gasteiger partial charge on any atom is -0.364 e. The van der Waals surface area contributed by atoms with E-state index in [4.69, 9.17) is 11.6 Å². The molecule has 0 amide bonds. The summed E-state index contributed by atoms with van der Waals surface area (Å²) in [6.07, 6.45) is 3.44.